The Morgan fingerprint density at radius 2 is 1.93 bits per heavy atom. The van der Waals surface area contributed by atoms with Crippen molar-refractivity contribution in [3.8, 4) is 11.1 Å². The molecule has 0 radical (unpaired) electrons. The fourth-order valence-corrected chi connectivity index (χ4v) is 4.77. The predicted octanol–water partition coefficient (Wildman–Crippen LogP) is 2.61. The van der Waals surface area contributed by atoms with Crippen molar-refractivity contribution in [1.29, 1.82) is 0 Å². The summed E-state index contributed by atoms with van der Waals surface area (Å²) in [7, 11) is 0. The summed E-state index contributed by atoms with van der Waals surface area (Å²) in [6.07, 6.45) is 5.19. The maximum Gasteiger partial charge on any atom is 0.272 e. The van der Waals surface area contributed by atoms with Gasteiger partial charge in [0.2, 0.25) is 0 Å². The highest BCUT2D eigenvalue weighted by molar-refractivity contribution is 6.01. The highest BCUT2D eigenvalue weighted by atomic mass is 16.2. The van der Waals surface area contributed by atoms with Gasteiger partial charge in [-0.1, -0.05) is 30.3 Å². The minimum absolute atomic E-state index is 0.0308. The first-order valence-corrected chi connectivity index (χ1v) is 10.1. The number of nitrogens with zero attached hydrogens (tertiary/aromatic N) is 3. The first-order valence-electron chi connectivity index (χ1n) is 10.1. The number of fused-ring (bicyclic) bond motifs is 4. The van der Waals surface area contributed by atoms with Gasteiger partial charge >= 0.3 is 0 Å². The van der Waals surface area contributed by atoms with Crippen molar-refractivity contribution in [1.82, 2.24) is 20.0 Å². The van der Waals surface area contributed by atoms with E-state index in [9.17, 15) is 4.79 Å². The summed E-state index contributed by atoms with van der Waals surface area (Å²) in [6.45, 7) is 4.01. The molecule has 1 aromatic heterocycles. The topological polar surface area (TPSA) is 78.2 Å². The van der Waals surface area contributed by atoms with Gasteiger partial charge in [0.25, 0.3) is 5.91 Å². The molecule has 4 heterocycles. The molecule has 1 aromatic carbocycles. The van der Waals surface area contributed by atoms with Gasteiger partial charge in [0.05, 0.1) is 5.56 Å². The molecule has 0 spiro atoms. The van der Waals surface area contributed by atoms with Gasteiger partial charge in [0, 0.05) is 32.2 Å². The van der Waals surface area contributed by atoms with E-state index in [0.717, 1.165) is 36.7 Å². The van der Waals surface area contributed by atoms with Gasteiger partial charge < -0.3 is 10.6 Å². The van der Waals surface area contributed by atoms with E-state index in [1.54, 1.807) is 0 Å². The molecule has 0 unspecified atom stereocenters. The van der Waals surface area contributed by atoms with Crippen LogP contribution in [0.5, 0.6) is 0 Å². The molecule has 27 heavy (non-hydrogen) atoms. The quantitative estimate of drug-likeness (QED) is 0.873. The monoisotopic (exact) mass is 365 g/mol. The zero-order chi connectivity index (χ0) is 18.4. The lowest BCUT2D eigenvalue weighted by Crippen LogP contribution is -2.45. The number of carbonyl (C=O) groups is 1. The maximum atomic E-state index is 13.4. The summed E-state index contributed by atoms with van der Waals surface area (Å²) >= 11 is 0. The van der Waals surface area contributed by atoms with Crippen LogP contribution in [0.25, 0.3) is 11.1 Å². The molecule has 2 atom stereocenters. The fourth-order valence-electron chi connectivity index (χ4n) is 4.77. The summed E-state index contributed by atoms with van der Waals surface area (Å²) < 4.78 is 0. The van der Waals surface area contributed by atoms with Crippen molar-refractivity contribution in [3.63, 3.8) is 0 Å². The number of nitrogen functional groups attached to an aromatic ring is 1. The van der Waals surface area contributed by atoms with Crippen LogP contribution >= 0.6 is 0 Å². The molecule has 1 saturated carbocycles. The largest absolute Gasteiger partial charge is 0.382 e. The van der Waals surface area contributed by atoms with E-state index >= 15 is 0 Å². The minimum Gasteiger partial charge on any atom is -0.382 e. The lowest BCUT2D eigenvalue weighted by Gasteiger charge is -2.36. The normalized spacial score (nSPS) is 25.6. The third kappa shape index (κ3) is 3.23. The number of nitrogens with two attached hydrogens (primary N) is 1. The van der Waals surface area contributed by atoms with Crippen molar-refractivity contribution in [2.75, 3.05) is 31.9 Å². The molecule has 3 N–H and O–H groups in total. The molecule has 1 aliphatic carbocycles. The number of hydrogen-bond acceptors (Lipinski definition) is 4. The van der Waals surface area contributed by atoms with Gasteiger partial charge in [-0.25, -0.2) is 0 Å². The molecular weight excluding hydrogens is 338 g/mol. The van der Waals surface area contributed by atoms with Crippen molar-refractivity contribution in [3.05, 3.63) is 36.0 Å². The number of amides is 1. The van der Waals surface area contributed by atoms with Crippen LogP contribution in [0, 0.1) is 11.8 Å². The Morgan fingerprint density at radius 1 is 1.11 bits per heavy atom. The Kier molecular flexibility index (Phi) is 4.16. The molecule has 3 aliphatic heterocycles. The van der Waals surface area contributed by atoms with Crippen LogP contribution in [0.15, 0.2) is 30.3 Å². The molecule has 2 aromatic rings. The molecule has 6 nitrogen and oxygen atoms in total. The third-order valence-electron chi connectivity index (χ3n) is 6.37. The third-order valence-corrected chi connectivity index (χ3v) is 6.37. The van der Waals surface area contributed by atoms with E-state index in [1.807, 2.05) is 35.2 Å². The smallest absolute Gasteiger partial charge is 0.272 e. The number of H-pyrrole nitrogens is 1. The zero-order valence-electron chi connectivity index (χ0n) is 15.6. The number of nitrogens with one attached hydrogen (secondary N) is 1. The summed E-state index contributed by atoms with van der Waals surface area (Å²) in [5.74, 6) is 1.89. The highest BCUT2D eigenvalue weighted by Gasteiger charge is 2.39. The first kappa shape index (κ1) is 16.8. The van der Waals surface area contributed by atoms with E-state index in [-0.39, 0.29) is 5.91 Å². The van der Waals surface area contributed by atoms with Gasteiger partial charge in [-0.3, -0.25) is 14.8 Å². The second-order valence-corrected chi connectivity index (χ2v) is 8.43. The number of aromatic nitrogens is 2. The Hall–Kier alpha value is -2.34. The van der Waals surface area contributed by atoms with Crippen LogP contribution in [0.2, 0.25) is 0 Å². The van der Waals surface area contributed by atoms with Crippen LogP contribution in [-0.4, -0.2) is 58.1 Å². The van der Waals surface area contributed by atoms with Crippen LogP contribution in [0.3, 0.4) is 0 Å². The Labute approximate surface area is 159 Å². The molecule has 3 saturated heterocycles. The van der Waals surface area contributed by atoms with E-state index in [0.29, 0.717) is 23.5 Å². The second kappa shape index (κ2) is 6.68. The van der Waals surface area contributed by atoms with Crippen molar-refractivity contribution < 1.29 is 4.79 Å². The Morgan fingerprint density at radius 3 is 2.70 bits per heavy atom. The zero-order valence-corrected chi connectivity index (χ0v) is 15.6. The van der Waals surface area contributed by atoms with Crippen molar-refractivity contribution >= 4 is 11.7 Å². The van der Waals surface area contributed by atoms with Gasteiger partial charge in [-0.2, -0.15) is 5.10 Å². The molecule has 6 heteroatoms. The molecule has 142 valence electrons. The number of anilines is 1. The summed E-state index contributed by atoms with van der Waals surface area (Å²) in [4.78, 5) is 18.1. The minimum atomic E-state index is 0.0308. The molecular formula is C21H27N5O. The van der Waals surface area contributed by atoms with E-state index in [4.69, 9.17) is 5.73 Å². The summed E-state index contributed by atoms with van der Waals surface area (Å²) in [5, 5.41) is 7.06. The highest BCUT2D eigenvalue weighted by Crippen LogP contribution is 2.36. The SMILES string of the molecule is Nc1n[nH]c(C(=O)N2C[C@@H]3CC[C@H](C2)N(CC2CC2)C3)c1-c1ccccc1. The van der Waals surface area contributed by atoms with E-state index in [1.165, 1.54) is 32.2 Å². The predicted molar refractivity (Wildman–Crippen MR) is 105 cm³/mol. The van der Waals surface area contributed by atoms with Crippen LogP contribution < -0.4 is 5.73 Å². The van der Waals surface area contributed by atoms with Crippen LogP contribution in [0.4, 0.5) is 5.82 Å². The molecule has 6 rings (SSSR count). The van der Waals surface area contributed by atoms with Crippen LogP contribution in [0.1, 0.15) is 36.2 Å². The Balaban J connectivity index is 1.40. The van der Waals surface area contributed by atoms with Crippen molar-refractivity contribution in [2.24, 2.45) is 11.8 Å². The van der Waals surface area contributed by atoms with Gasteiger partial charge in [0.1, 0.15) is 5.69 Å². The van der Waals surface area contributed by atoms with E-state index in [2.05, 4.69) is 15.1 Å². The van der Waals surface area contributed by atoms with Crippen molar-refractivity contribution in [2.45, 2.75) is 31.7 Å². The van der Waals surface area contributed by atoms with Gasteiger partial charge in [-0.05, 0) is 43.1 Å². The summed E-state index contributed by atoms with van der Waals surface area (Å²) in [5.41, 5.74) is 8.28. The second-order valence-electron chi connectivity index (χ2n) is 8.43. The maximum absolute atomic E-state index is 13.4. The average molecular weight is 365 g/mol. The van der Waals surface area contributed by atoms with Crippen LogP contribution in [-0.2, 0) is 0 Å². The fraction of sp³-hybridized carbons (Fsp3) is 0.524. The molecule has 4 aliphatic rings. The average Bonchev–Trinajstić information content (AvgIpc) is 3.47. The Bertz CT molecular complexity index is 828. The van der Waals surface area contributed by atoms with Gasteiger partial charge in [-0.15, -0.1) is 0 Å². The van der Waals surface area contributed by atoms with E-state index < -0.39 is 0 Å². The lowest BCUT2D eigenvalue weighted by atomic mass is 9.95. The number of benzene rings is 1. The standard InChI is InChI=1S/C21H27N5O/c22-20-18(16-4-2-1-3-5-16)19(23-24-20)21(27)26-12-15-8-9-17(13-26)25(11-15)10-14-6-7-14/h1-5,14-15,17H,6-13H2,(H3,22,23,24)/t15-,17-/m1/s1. The number of piperidine rings is 1. The summed E-state index contributed by atoms with van der Waals surface area (Å²) in [6, 6.07) is 10.3. The van der Waals surface area contributed by atoms with Gasteiger partial charge in [0.15, 0.2) is 5.82 Å². The number of hydrogen-bond donors (Lipinski definition) is 2. The number of carbonyl (C=O) groups excluding carboxylic acids is 1. The molecule has 1 amide bonds. The molecule has 4 fully saturated rings. The first-order chi connectivity index (χ1) is 13.2. The molecule has 2 bridgehead atoms. The number of aromatic amines is 1. The lowest BCUT2D eigenvalue weighted by molar-refractivity contribution is 0.0731. The number of rotatable bonds is 4.